The first-order valence-corrected chi connectivity index (χ1v) is 12.3. The largest absolute Gasteiger partial charge is 0.354 e. The summed E-state index contributed by atoms with van der Waals surface area (Å²) < 4.78 is 29.1. The van der Waals surface area contributed by atoms with Gasteiger partial charge in [0.1, 0.15) is 6.04 Å². The number of sulfonamides is 1. The Labute approximate surface area is 183 Å². The normalized spacial score (nSPS) is 15.9. The Morgan fingerprint density at radius 2 is 1.81 bits per heavy atom. The van der Waals surface area contributed by atoms with E-state index in [4.69, 9.17) is 0 Å². The van der Waals surface area contributed by atoms with Crippen molar-refractivity contribution in [2.75, 3.05) is 19.6 Å². The summed E-state index contributed by atoms with van der Waals surface area (Å²) in [4.78, 5) is 13.0. The highest BCUT2D eigenvalue weighted by atomic mass is 32.2. The van der Waals surface area contributed by atoms with Crippen molar-refractivity contribution in [3.05, 3.63) is 66.4 Å². The number of carbonyl (C=O) groups is 1. The first-order chi connectivity index (χ1) is 15.0. The van der Waals surface area contributed by atoms with E-state index in [1.807, 2.05) is 42.0 Å². The van der Waals surface area contributed by atoms with Crippen LogP contribution in [0.5, 0.6) is 0 Å². The van der Waals surface area contributed by atoms with Gasteiger partial charge < -0.3 is 9.88 Å². The van der Waals surface area contributed by atoms with Gasteiger partial charge in [0.25, 0.3) is 0 Å². The summed E-state index contributed by atoms with van der Waals surface area (Å²) in [5, 5.41) is 3.84. The van der Waals surface area contributed by atoms with Crippen molar-refractivity contribution in [2.24, 2.45) is 0 Å². The van der Waals surface area contributed by atoms with E-state index in [1.54, 1.807) is 22.5 Å². The Balaban J connectivity index is 1.41. The maximum atomic E-state index is 12.8. The molecule has 7 heteroatoms. The lowest BCUT2D eigenvalue weighted by Crippen LogP contribution is -2.31. The molecule has 1 aromatic heterocycles. The molecule has 1 aliphatic heterocycles. The summed E-state index contributed by atoms with van der Waals surface area (Å²) >= 11 is 0. The van der Waals surface area contributed by atoms with Gasteiger partial charge in [0.05, 0.1) is 4.90 Å². The van der Waals surface area contributed by atoms with Crippen LogP contribution in [0.3, 0.4) is 0 Å². The zero-order chi connectivity index (χ0) is 21.8. The Morgan fingerprint density at radius 3 is 2.55 bits per heavy atom. The zero-order valence-electron chi connectivity index (χ0n) is 17.8. The Hall–Kier alpha value is -2.64. The van der Waals surface area contributed by atoms with Crippen molar-refractivity contribution in [2.45, 2.75) is 43.5 Å². The maximum absolute atomic E-state index is 12.8. The molecule has 2 heterocycles. The molecule has 6 nitrogen and oxygen atoms in total. The van der Waals surface area contributed by atoms with Crippen LogP contribution in [0.1, 0.15) is 37.8 Å². The van der Waals surface area contributed by atoms with Crippen LogP contribution >= 0.6 is 0 Å². The Morgan fingerprint density at radius 1 is 1.06 bits per heavy atom. The summed E-state index contributed by atoms with van der Waals surface area (Å²) in [7, 11) is -3.45. The second-order valence-electron chi connectivity index (χ2n) is 8.11. The average molecular weight is 440 g/mol. The molecule has 1 N–H and O–H groups in total. The Kier molecular flexibility index (Phi) is 6.43. The minimum absolute atomic E-state index is 0.0423. The van der Waals surface area contributed by atoms with Gasteiger partial charge in [0.2, 0.25) is 15.9 Å². The summed E-state index contributed by atoms with van der Waals surface area (Å²) in [6.07, 6.45) is 5.49. The number of aromatic nitrogens is 1. The van der Waals surface area contributed by atoms with Crippen LogP contribution in [-0.2, 0) is 21.2 Å². The molecule has 164 valence electrons. The SMILES string of the molecule is C[C@@H](C(=O)NCCCc1ccccc1)n1ccc2cc(S(=O)(=O)N3CCCC3)ccc21. The minimum atomic E-state index is -3.45. The number of carbonyl (C=O) groups excluding carboxylic acids is 1. The monoisotopic (exact) mass is 439 g/mol. The second kappa shape index (κ2) is 9.24. The molecule has 4 rings (SSSR count). The van der Waals surface area contributed by atoms with Crippen molar-refractivity contribution < 1.29 is 13.2 Å². The van der Waals surface area contributed by atoms with Crippen molar-refractivity contribution in [3.63, 3.8) is 0 Å². The van der Waals surface area contributed by atoms with Gasteiger partial charge in [-0.05, 0) is 62.4 Å². The van der Waals surface area contributed by atoms with E-state index in [-0.39, 0.29) is 11.9 Å². The third-order valence-electron chi connectivity index (χ3n) is 5.98. The fraction of sp³-hybridized carbons (Fsp3) is 0.375. The number of hydrogen-bond donors (Lipinski definition) is 1. The molecule has 1 aliphatic rings. The molecule has 31 heavy (non-hydrogen) atoms. The molecule has 0 bridgehead atoms. The summed E-state index contributed by atoms with van der Waals surface area (Å²) in [5.74, 6) is -0.0423. The molecule has 1 fully saturated rings. The highest BCUT2D eigenvalue weighted by molar-refractivity contribution is 7.89. The third kappa shape index (κ3) is 4.67. The van der Waals surface area contributed by atoms with Crippen LogP contribution in [-0.4, -0.2) is 42.8 Å². The van der Waals surface area contributed by atoms with E-state index < -0.39 is 10.0 Å². The predicted octanol–water partition coefficient (Wildman–Crippen LogP) is 3.74. The molecule has 0 saturated carbocycles. The van der Waals surface area contributed by atoms with Gasteiger partial charge in [-0.2, -0.15) is 4.31 Å². The number of amides is 1. The molecule has 3 aromatic rings. The molecule has 1 saturated heterocycles. The number of fused-ring (bicyclic) bond motifs is 1. The molecule has 0 radical (unpaired) electrons. The number of hydrogen-bond acceptors (Lipinski definition) is 3. The molecule has 1 atom stereocenters. The molecular weight excluding hydrogens is 410 g/mol. The number of nitrogens with one attached hydrogen (secondary N) is 1. The molecule has 2 aromatic carbocycles. The fourth-order valence-electron chi connectivity index (χ4n) is 4.14. The smallest absolute Gasteiger partial charge is 0.243 e. The number of rotatable bonds is 8. The van der Waals surface area contributed by atoms with Crippen molar-refractivity contribution in [1.82, 2.24) is 14.2 Å². The lowest BCUT2D eigenvalue weighted by atomic mass is 10.1. The number of benzene rings is 2. The van der Waals surface area contributed by atoms with E-state index >= 15 is 0 Å². The first-order valence-electron chi connectivity index (χ1n) is 10.9. The zero-order valence-corrected chi connectivity index (χ0v) is 18.6. The van der Waals surface area contributed by atoms with Crippen LogP contribution in [0, 0.1) is 0 Å². The number of aryl methyl sites for hydroxylation is 1. The van der Waals surface area contributed by atoms with E-state index in [1.165, 1.54) is 5.56 Å². The Bertz CT molecular complexity index is 1150. The van der Waals surface area contributed by atoms with Crippen molar-refractivity contribution >= 4 is 26.8 Å². The maximum Gasteiger partial charge on any atom is 0.243 e. The second-order valence-corrected chi connectivity index (χ2v) is 10.0. The number of nitrogens with zero attached hydrogens (tertiary/aromatic N) is 2. The molecule has 0 unspecified atom stereocenters. The fourth-order valence-corrected chi connectivity index (χ4v) is 5.69. The summed E-state index contributed by atoms with van der Waals surface area (Å²) in [5.41, 5.74) is 2.12. The summed E-state index contributed by atoms with van der Waals surface area (Å²) in [6.45, 7) is 3.65. The minimum Gasteiger partial charge on any atom is -0.354 e. The van der Waals surface area contributed by atoms with Crippen LogP contribution in [0.4, 0.5) is 0 Å². The van der Waals surface area contributed by atoms with Crippen molar-refractivity contribution in [3.8, 4) is 0 Å². The van der Waals surface area contributed by atoms with Crippen LogP contribution in [0.2, 0.25) is 0 Å². The van der Waals surface area contributed by atoms with Gasteiger partial charge in [0, 0.05) is 36.7 Å². The standard InChI is InChI=1S/C24H29N3O3S/c1-19(24(28)25-14-7-10-20-8-3-2-4-9-20)27-17-13-21-18-22(11-12-23(21)27)31(29,30)26-15-5-6-16-26/h2-4,8-9,11-13,17-19H,5-7,10,14-16H2,1H3,(H,25,28)/t19-/m0/s1. The molecule has 1 amide bonds. The topological polar surface area (TPSA) is 71.4 Å². The van der Waals surface area contributed by atoms with Crippen molar-refractivity contribution in [1.29, 1.82) is 0 Å². The molecule has 0 aliphatic carbocycles. The van der Waals surface area contributed by atoms with Gasteiger partial charge in [-0.3, -0.25) is 4.79 Å². The lowest BCUT2D eigenvalue weighted by Gasteiger charge is -2.17. The molecular formula is C24H29N3O3S. The predicted molar refractivity (Wildman–Crippen MR) is 122 cm³/mol. The van der Waals surface area contributed by atoms with E-state index in [9.17, 15) is 13.2 Å². The van der Waals surface area contributed by atoms with Gasteiger partial charge in [-0.1, -0.05) is 30.3 Å². The highest BCUT2D eigenvalue weighted by Gasteiger charge is 2.27. The van der Waals surface area contributed by atoms with E-state index in [2.05, 4.69) is 17.4 Å². The molecule has 0 spiro atoms. The van der Waals surface area contributed by atoms with Crippen LogP contribution in [0.15, 0.2) is 65.7 Å². The van der Waals surface area contributed by atoms with Crippen LogP contribution in [0.25, 0.3) is 10.9 Å². The van der Waals surface area contributed by atoms with Gasteiger partial charge in [-0.25, -0.2) is 8.42 Å². The van der Waals surface area contributed by atoms with Gasteiger partial charge in [0.15, 0.2) is 0 Å². The van der Waals surface area contributed by atoms with Gasteiger partial charge in [-0.15, -0.1) is 0 Å². The van der Waals surface area contributed by atoms with Crippen LogP contribution < -0.4 is 5.32 Å². The highest BCUT2D eigenvalue weighted by Crippen LogP contribution is 2.26. The van der Waals surface area contributed by atoms with E-state index in [0.717, 1.165) is 36.6 Å². The van der Waals surface area contributed by atoms with Gasteiger partial charge >= 0.3 is 0 Å². The lowest BCUT2D eigenvalue weighted by molar-refractivity contribution is -0.123. The average Bonchev–Trinajstić information content (AvgIpc) is 3.47. The quantitative estimate of drug-likeness (QED) is 0.544. The third-order valence-corrected chi connectivity index (χ3v) is 7.87. The summed E-state index contributed by atoms with van der Waals surface area (Å²) in [6, 6.07) is 16.9. The first kappa shape index (κ1) is 21.6. The van der Waals surface area contributed by atoms with E-state index in [0.29, 0.717) is 24.5 Å².